The highest BCUT2D eigenvalue weighted by Crippen LogP contribution is 2.48. The van der Waals surface area contributed by atoms with Gasteiger partial charge in [0.2, 0.25) is 0 Å². The van der Waals surface area contributed by atoms with Crippen LogP contribution in [0.4, 0.5) is 26.3 Å². The maximum absolute atomic E-state index is 12.4. The molecule has 18 heavy (non-hydrogen) atoms. The molecule has 0 aliphatic heterocycles. The van der Waals surface area contributed by atoms with Crippen LogP contribution in [0.2, 0.25) is 0 Å². The number of aliphatic hydroxyl groups excluding tert-OH is 1. The molecule has 0 fully saturated rings. The highest BCUT2D eigenvalue weighted by molar-refractivity contribution is 9.10. The van der Waals surface area contributed by atoms with Gasteiger partial charge in [-0.2, -0.15) is 26.3 Å². The van der Waals surface area contributed by atoms with E-state index in [1.807, 2.05) is 0 Å². The zero-order chi connectivity index (χ0) is 14.3. The Labute approximate surface area is 111 Å². The summed E-state index contributed by atoms with van der Waals surface area (Å²) in [5.41, 5.74) is 0. The highest BCUT2D eigenvalue weighted by Gasteiger charge is 2.60. The van der Waals surface area contributed by atoms with Gasteiger partial charge >= 0.3 is 12.4 Å². The van der Waals surface area contributed by atoms with E-state index in [2.05, 4.69) is 15.9 Å². The van der Waals surface area contributed by atoms with E-state index in [1.54, 1.807) is 0 Å². The number of hydrogen-bond acceptors (Lipinski definition) is 2. The van der Waals surface area contributed by atoms with Gasteiger partial charge in [-0.15, -0.1) is 11.3 Å². The molecule has 0 spiro atoms. The molecule has 1 nitrogen and oxygen atoms in total. The van der Waals surface area contributed by atoms with Crippen LogP contribution in [0, 0.1) is 12.8 Å². The van der Waals surface area contributed by atoms with E-state index in [1.165, 1.54) is 6.92 Å². The molecule has 0 bridgehead atoms. The molecule has 9 heteroatoms. The van der Waals surface area contributed by atoms with E-state index < -0.39 is 24.4 Å². The number of hydrogen-bond donors (Lipinski definition) is 1. The van der Waals surface area contributed by atoms with Crippen LogP contribution in [0.5, 0.6) is 0 Å². The zero-order valence-corrected chi connectivity index (χ0v) is 11.1. The largest absolute Gasteiger partial charge is 0.403 e. The molecule has 0 saturated carbocycles. The molecule has 1 atom stereocenters. The topological polar surface area (TPSA) is 20.2 Å². The average molecular weight is 357 g/mol. The normalized spacial score (nSPS) is 15.2. The molecule has 104 valence electrons. The summed E-state index contributed by atoms with van der Waals surface area (Å²) in [5, 5.41) is 9.34. The average Bonchev–Trinajstić information content (AvgIpc) is 2.41. The van der Waals surface area contributed by atoms with Crippen molar-refractivity contribution in [3.8, 4) is 0 Å². The first kappa shape index (κ1) is 15.8. The zero-order valence-electron chi connectivity index (χ0n) is 8.73. The number of aliphatic hydroxyl groups is 1. The van der Waals surface area contributed by atoms with Crippen LogP contribution in [0.25, 0.3) is 0 Å². The van der Waals surface area contributed by atoms with Crippen molar-refractivity contribution in [3.05, 3.63) is 20.3 Å². The number of halogens is 7. The van der Waals surface area contributed by atoms with Gasteiger partial charge in [0, 0.05) is 14.2 Å². The summed E-state index contributed by atoms with van der Waals surface area (Å²) in [4.78, 5) is 0.117. The Morgan fingerprint density at radius 1 is 1.17 bits per heavy atom. The van der Waals surface area contributed by atoms with Crippen molar-refractivity contribution < 1.29 is 31.4 Å². The summed E-state index contributed by atoms with van der Waals surface area (Å²) in [6.45, 7) is 1.52. The Bertz CT molecular complexity index is 390. The smallest absolute Gasteiger partial charge is 0.387 e. The van der Waals surface area contributed by atoms with Crippen molar-refractivity contribution in [1.29, 1.82) is 0 Å². The van der Waals surface area contributed by atoms with Crippen LogP contribution in [0.15, 0.2) is 10.5 Å². The van der Waals surface area contributed by atoms with Gasteiger partial charge in [-0.25, -0.2) is 0 Å². The van der Waals surface area contributed by atoms with Crippen LogP contribution in [0.3, 0.4) is 0 Å². The summed E-state index contributed by atoms with van der Waals surface area (Å²) in [7, 11) is 0. The molecule has 0 radical (unpaired) electrons. The maximum Gasteiger partial charge on any atom is 0.403 e. The Hall–Kier alpha value is -0.280. The van der Waals surface area contributed by atoms with Crippen molar-refractivity contribution in [2.75, 3.05) is 0 Å². The van der Waals surface area contributed by atoms with E-state index >= 15 is 0 Å². The number of thiophene rings is 1. The number of rotatable bonds is 2. The molecule has 1 unspecified atom stereocenters. The van der Waals surface area contributed by atoms with Gasteiger partial charge in [-0.3, -0.25) is 0 Å². The fourth-order valence-corrected chi connectivity index (χ4v) is 2.92. The van der Waals surface area contributed by atoms with Gasteiger partial charge in [0.15, 0.2) is 5.92 Å². The minimum absolute atomic E-state index is 0.365. The van der Waals surface area contributed by atoms with Crippen LogP contribution < -0.4 is 0 Å². The third kappa shape index (κ3) is 3.39. The first-order valence-electron chi connectivity index (χ1n) is 4.52. The monoisotopic (exact) mass is 356 g/mol. The van der Waals surface area contributed by atoms with Crippen LogP contribution in [-0.2, 0) is 0 Å². The molecular weight excluding hydrogens is 350 g/mol. The summed E-state index contributed by atoms with van der Waals surface area (Å²) < 4.78 is 74.6. The van der Waals surface area contributed by atoms with Gasteiger partial charge in [0.05, 0.1) is 0 Å². The summed E-state index contributed by atoms with van der Waals surface area (Å²) >= 11 is 3.66. The predicted octanol–water partition coefficient (Wildman–Crippen LogP) is 4.59. The van der Waals surface area contributed by atoms with Gasteiger partial charge in [-0.1, -0.05) is 0 Å². The van der Waals surface area contributed by atoms with Gasteiger partial charge in [-0.05, 0) is 28.9 Å². The Morgan fingerprint density at radius 2 is 1.61 bits per heavy atom. The Balaban J connectivity index is 3.15. The van der Waals surface area contributed by atoms with E-state index in [0.717, 1.165) is 6.07 Å². The van der Waals surface area contributed by atoms with Crippen molar-refractivity contribution in [3.63, 3.8) is 0 Å². The minimum Gasteiger partial charge on any atom is -0.387 e. The van der Waals surface area contributed by atoms with Crippen LogP contribution in [0.1, 0.15) is 15.9 Å². The van der Waals surface area contributed by atoms with Crippen molar-refractivity contribution >= 4 is 27.3 Å². The van der Waals surface area contributed by atoms with Crippen molar-refractivity contribution in [1.82, 2.24) is 0 Å². The number of aryl methyl sites for hydroxylation is 1. The first-order chi connectivity index (χ1) is 7.94. The van der Waals surface area contributed by atoms with E-state index in [-0.39, 0.29) is 4.88 Å². The highest BCUT2D eigenvalue weighted by atomic mass is 79.9. The molecule has 1 aromatic rings. The molecule has 1 heterocycles. The second-order valence-corrected chi connectivity index (χ2v) is 5.70. The molecule has 0 saturated heterocycles. The standard InChI is InChI=1S/C9H7BrF6OS/c1-3-4(10)2-5(18-3)6(17)7(8(11,12)13)9(14,15)16/h2,6-7,17H,1H3. The Morgan fingerprint density at radius 3 is 1.89 bits per heavy atom. The Kier molecular flexibility index (Phi) is 4.39. The van der Waals surface area contributed by atoms with Crippen molar-refractivity contribution in [2.45, 2.75) is 25.4 Å². The maximum atomic E-state index is 12.4. The lowest BCUT2D eigenvalue weighted by Crippen LogP contribution is -2.40. The fourth-order valence-electron chi connectivity index (χ4n) is 1.34. The lowest BCUT2D eigenvalue weighted by molar-refractivity contribution is -0.307. The molecule has 0 aliphatic carbocycles. The minimum atomic E-state index is -5.55. The fraction of sp³-hybridized carbons (Fsp3) is 0.556. The second kappa shape index (κ2) is 5.01. The third-order valence-corrected chi connectivity index (χ3v) is 4.40. The molecule has 0 aliphatic rings. The first-order valence-corrected chi connectivity index (χ1v) is 6.13. The molecule has 0 amide bonds. The summed E-state index contributed by atoms with van der Waals surface area (Å²) in [6.07, 6.45) is -13.8. The molecule has 1 N–H and O–H groups in total. The van der Waals surface area contributed by atoms with Gasteiger partial charge in [0.1, 0.15) is 6.10 Å². The summed E-state index contributed by atoms with van der Waals surface area (Å²) in [6, 6.07) is 1.06. The third-order valence-electron chi connectivity index (χ3n) is 2.19. The molecule has 1 aromatic heterocycles. The van der Waals surface area contributed by atoms with E-state index in [4.69, 9.17) is 0 Å². The molecular formula is C9H7BrF6OS. The lowest BCUT2D eigenvalue weighted by Gasteiger charge is -2.26. The second-order valence-electron chi connectivity index (χ2n) is 3.56. The lowest BCUT2D eigenvalue weighted by atomic mass is 10.00. The number of alkyl halides is 6. The summed E-state index contributed by atoms with van der Waals surface area (Å²) in [5.74, 6) is -3.78. The van der Waals surface area contributed by atoms with Gasteiger partial charge in [0.25, 0.3) is 0 Å². The molecule has 0 aromatic carbocycles. The van der Waals surface area contributed by atoms with Gasteiger partial charge < -0.3 is 5.11 Å². The van der Waals surface area contributed by atoms with Crippen molar-refractivity contribution in [2.24, 2.45) is 5.92 Å². The predicted molar refractivity (Wildman–Crippen MR) is 57.3 cm³/mol. The quantitative estimate of drug-likeness (QED) is 0.768. The molecule has 1 rings (SSSR count). The van der Waals surface area contributed by atoms with Crippen LogP contribution in [-0.4, -0.2) is 17.5 Å². The van der Waals surface area contributed by atoms with Crippen LogP contribution >= 0.6 is 27.3 Å². The van der Waals surface area contributed by atoms with E-state index in [9.17, 15) is 31.4 Å². The van der Waals surface area contributed by atoms with E-state index in [0.29, 0.717) is 20.7 Å². The SMILES string of the molecule is Cc1sc(C(O)C(C(F)(F)F)C(F)(F)F)cc1Br.